The molecule has 0 aliphatic rings. The molecular formula is C15H17N3O6S. The van der Waals surface area contributed by atoms with Gasteiger partial charge in [0.2, 0.25) is 21.8 Å². The molecular weight excluding hydrogens is 350 g/mol. The third-order valence-corrected chi connectivity index (χ3v) is 4.29. The fourth-order valence-corrected chi connectivity index (χ4v) is 2.29. The number of benzene rings is 1. The molecule has 2 aromatic rings. The number of nitrogens with zero attached hydrogens (tertiary/aromatic N) is 2. The molecule has 1 aromatic carbocycles. The van der Waals surface area contributed by atoms with Crippen molar-refractivity contribution in [3.8, 4) is 23.5 Å². The number of rotatable bonds is 7. The van der Waals surface area contributed by atoms with Crippen molar-refractivity contribution in [3.05, 3.63) is 35.9 Å². The zero-order valence-electron chi connectivity index (χ0n) is 13.8. The highest BCUT2D eigenvalue weighted by Crippen LogP contribution is 2.26. The van der Waals surface area contributed by atoms with Crippen molar-refractivity contribution in [2.45, 2.75) is 6.92 Å². The molecule has 0 radical (unpaired) electrons. The number of methoxy groups -OCH3 is 2. The Morgan fingerprint density at radius 2 is 1.72 bits per heavy atom. The summed E-state index contributed by atoms with van der Waals surface area (Å²) in [6.07, 6.45) is 0. The Labute approximate surface area is 145 Å². The van der Waals surface area contributed by atoms with Gasteiger partial charge in [-0.2, -0.15) is 9.97 Å². The molecule has 0 unspecified atom stereocenters. The maximum absolute atomic E-state index is 12.2. The number of hydrogen-bond acceptors (Lipinski definition) is 8. The average Bonchev–Trinajstić information content (AvgIpc) is 2.61. The van der Waals surface area contributed by atoms with Crippen molar-refractivity contribution in [2.24, 2.45) is 0 Å². The van der Waals surface area contributed by atoms with E-state index in [4.69, 9.17) is 14.2 Å². The molecule has 0 bridgehead atoms. The van der Waals surface area contributed by atoms with Crippen LogP contribution in [0.1, 0.15) is 17.3 Å². The summed E-state index contributed by atoms with van der Waals surface area (Å²) in [6, 6.07) is 7.45. The van der Waals surface area contributed by atoms with Gasteiger partial charge in [-0.25, -0.2) is 13.1 Å². The Bertz CT molecular complexity index is 847. The predicted octanol–water partition coefficient (Wildman–Crippen LogP) is 1.37. The molecule has 0 aliphatic carbocycles. The van der Waals surface area contributed by atoms with Crippen molar-refractivity contribution >= 4 is 15.9 Å². The largest absolute Gasteiger partial charge is 0.481 e. The molecule has 0 fully saturated rings. The fraction of sp³-hybridized carbons (Fsp3) is 0.267. The second-order valence-electron chi connectivity index (χ2n) is 4.67. The Hall–Kier alpha value is -2.88. The third-order valence-electron chi connectivity index (χ3n) is 3.04. The van der Waals surface area contributed by atoms with E-state index in [1.807, 2.05) is 4.72 Å². The predicted molar refractivity (Wildman–Crippen MR) is 88.6 cm³/mol. The number of sulfonamides is 1. The summed E-state index contributed by atoms with van der Waals surface area (Å²) in [5.74, 6) is -0.540. The van der Waals surface area contributed by atoms with Crippen LogP contribution in [-0.4, -0.2) is 44.3 Å². The first-order valence-corrected chi connectivity index (χ1v) is 8.82. The molecule has 25 heavy (non-hydrogen) atoms. The lowest BCUT2D eigenvalue weighted by atomic mass is 10.2. The molecule has 0 spiro atoms. The molecule has 2 rings (SSSR count). The van der Waals surface area contributed by atoms with E-state index in [9.17, 15) is 13.2 Å². The first-order valence-electron chi connectivity index (χ1n) is 7.17. The lowest BCUT2D eigenvalue weighted by molar-refractivity contribution is 0.0979. The second-order valence-corrected chi connectivity index (χ2v) is 6.68. The summed E-state index contributed by atoms with van der Waals surface area (Å²) < 4.78 is 40.7. The summed E-state index contributed by atoms with van der Waals surface area (Å²) in [6.45, 7) is 1.42. The topological polar surface area (TPSA) is 117 Å². The maximum atomic E-state index is 12.2. The minimum atomic E-state index is -3.70. The number of aromatic nitrogens is 2. The van der Waals surface area contributed by atoms with E-state index in [0.717, 1.165) is 0 Å². The zero-order chi connectivity index (χ0) is 18.4. The van der Waals surface area contributed by atoms with E-state index < -0.39 is 15.9 Å². The summed E-state index contributed by atoms with van der Waals surface area (Å²) in [5.41, 5.74) is 0.0184. The smallest absolute Gasteiger partial charge is 0.328 e. The molecule has 0 aliphatic heterocycles. The van der Waals surface area contributed by atoms with Crippen LogP contribution >= 0.6 is 0 Å². The van der Waals surface area contributed by atoms with Crippen LogP contribution in [0.25, 0.3) is 0 Å². The standard InChI is InChI=1S/C15H17N3O6S/c1-4-25(20,21)18-14(19)10-7-5-6-8-11(10)24-15-16-12(22-2)9-13(17-15)23-3/h5-9H,4H2,1-3H3,(H,18,19). The molecule has 134 valence electrons. The molecule has 9 nitrogen and oxygen atoms in total. The lowest BCUT2D eigenvalue weighted by Gasteiger charge is -2.11. The van der Waals surface area contributed by atoms with E-state index in [-0.39, 0.29) is 34.8 Å². The summed E-state index contributed by atoms with van der Waals surface area (Å²) in [7, 11) is -0.866. The highest BCUT2D eigenvalue weighted by Gasteiger charge is 2.19. The van der Waals surface area contributed by atoms with Crippen molar-refractivity contribution < 1.29 is 27.4 Å². The van der Waals surface area contributed by atoms with Crippen LogP contribution in [0.2, 0.25) is 0 Å². The van der Waals surface area contributed by atoms with Gasteiger partial charge in [0.25, 0.3) is 5.91 Å². The van der Waals surface area contributed by atoms with Crippen LogP contribution < -0.4 is 18.9 Å². The van der Waals surface area contributed by atoms with Gasteiger partial charge < -0.3 is 14.2 Å². The van der Waals surface area contributed by atoms with Gasteiger partial charge in [0.1, 0.15) is 5.75 Å². The van der Waals surface area contributed by atoms with Gasteiger partial charge in [-0.15, -0.1) is 0 Å². The molecule has 1 N–H and O–H groups in total. The average molecular weight is 367 g/mol. The number of carbonyl (C=O) groups is 1. The number of nitrogens with one attached hydrogen (secondary N) is 1. The molecule has 1 amide bonds. The Morgan fingerprint density at radius 1 is 1.12 bits per heavy atom. The highest BCUT2D eigenvalue weighted by atomic mass is 32.2. The van der Waals surface area contributed by atoms with Gasteiger partial charge >= 0.3 is 6.01 Å². The van der Waals surface area contributed by atoms with Crippen LogP contribution in [0.4, 0.5) is 0 Å². The van der Waals surface area contributed by atoms with E-state index in [1.165, 1.54) is 39.3 Å². The normalized spacial score (nSPS) is 10.8. The molecule has 0 saturated carbocycles. The van der Waals surface area contributed by atoms with Gasteiger partial charge in [-0.1, -0.05) is 12.1 Å². The summed E-state index contributed by atoms with van der Waals surface area (Å²) in [5, 5.41) is 0. The quantitative estimate of drug-likeness (QED) is 0.780. The van der Waals surface area contributed by atoms with Gasteiger partial charge in [0.05, 0.1) is 31.6 Å². The molecule has 10 heteroatoms. The van der Waals surface area contributed by atoms with E-state index in [2.05, 4.69) is 9.97 Å². The second kappa shape index (κ2) is 7.79. The molecule has 1 aromatic heterocycles. The number of para-hydroxylation sites is 1. The number of amides is 1. The van der Waals surface area contributed by atoms with Crippen LogP contribution in [0.3, 0.4) is 0 Å². The van der Waals surface area contributed by atoms with Gasteiger partial charge in [-0.05, 0) is 19.1 Å². The van der Waals surface area contributed by atoms with E-state index in [1.54, 1.807) is 12.1 Å². The van der Waals surface area contributed by atoms with Crippen LogP contribution in [-0.2, 0) is 10.0 Å². The number of ether oxygens (including phenoxy) is 3. The van der Waals surface area contributed by atoms with Gasteiger partial charge in [0, 0.05) is 0 Å². The zero-order valence-corrected chi connectivity index (χ0v) is 14.7. The maximum Gasteiger partial charge on any atom is 0.328 e. The molecule has 0 saturated heterocycles. The number of carbonyl (C=O) groups excluding carboxylic acids is 1. The highest BCUT2D eigenvalue weighted by molar-refractivity contribution is 7.90. The fourth-order valence-electron chi connectivity index (χ4n) is 1.75. The monoisotopic (exact) mass is 367 g/mol. The van der Waals surface area contributed by atoms with Gasteiger partial charge in [0.15, 0.2) is 0 Å². The van der Waals surface area contributed by atoms with Gasteiger partial charge in [-0.3, -0.25) is 4.79 Å². The Balaban J connectivity index is 2.34. The summed E-state index contributed by atoms with van der Waals surface area (Å²) >= 11 is 0. The Morgan fingerprint density at radius 3 is 2.28 bits per heavy atom. The van der Waals surface area contributed by atoms with E-state index >= 15 is 0 Å². The van der Waals surface area contributed by atoms with Crippen molar-refractivity contribution in [1.29, 1.82) is 0 Å². The third kappa shape index (κ3) is 4.80. The SMILES string of the molecule is CCS(=O)(=O)NC(=O)c1ccccc1Oc1nc(OC)cc(OC)n1. The minimum absolute atomic E-state index is 0.0184. The minimum Gasteiger partial charge on any atom is -0.481 e. The van der Waals surface area contributed by atoms with Crippen molar-refractivity contribution in [1.82, 2.24) is 14.7 Å². The van der Waals surface area contributed by atoms with Crippen LogP contribution in [0, 0.1) is 0 Å². The molecule has 0 atom stereocenters. The summed E-state index contributed by atoms with van der Waals surface area (Å²) in [4.78, 5) is 20.2. The lowest BCUT2D eigenvalue weighted by Crippen LogP contribution is -2.31. The van der Waals surface area contributed by atoms with Crippen molar-refractivity contribution in [3.63, 3.8) is 0 Å². The van der Waals surface area contributed by atoms with Crippen LogP contribution in [0.15, 0.2) is 30.3 Å². The molecule has 1 heterocycles. The van der Waals surface area contributed by atoms with Crippen LogP contribution in [0.5, 0.6) is 23.5 Å². The number of hydrogen-bond donors (Lipinski definition) is 1. The van der Waals surface area contributed by atoms with Crippen molar-refractivity contribution in [2.75, 3.05) is 20.0 Å². The first kappa shape index (κ1) is 18.5. The van der Waals surface area contributed by atoms with E-state index in [0.29, 0.717) is 0 Å². The first-order chi connectivity index (χ1) is 11.9. The Kier molecular flexibility index (Phi) is 5.75.